The standard InChI is InChI=1S/C18H17F2NO/c1-11(15-8-7-14(19)10-16(15)20)21-12(2)18-9-13-5-3-4-6-17(13)22-18/h3-12,21H,1-2H3. The Balaban J connectivity index is 1.79. The van der Waals surface area contributed by atoms with Gasteiger partial charge in [-0.2, -0.15) is 0 Å². The number of hydrogen-bond donors (Lipinski definition) is 1. The maximum absolute atomic E-state index is 13.8. The summed E-state index contributed by atoms with van der Waals surface area (Å²) in [4.78, 5) is 0. The number of furan rings is 1. The Labute approximate surface area is 127 Å². The van der Waals surface area contributed by atoms with Gasteiger partial charge in [0.15, 0.2) is 0 Å². The van der Waals surface area contributed by atoms with E-state index in [0.717, 1.165) is 22.8 Å². The van der Waals surface area contributed by atoms with Crippen LogP contribution in [0.25, 0.3) is 11.0 Å². The van der Waals surface area contributed by atoms with Crippen LogP contribution >= 0.6 is 0 Å². The highest BCUT2D eigenvalue weighted by atomic mass is 19.1. The molecule has 0 aliphatic rings. The molecule has 114 valence electrons. The highest BCUT2D eigenvalue weighted by Crippen LogP contribution is 2.26. The lowest BCUT2D eigenvalue weighted by Crippen LogP contribution is -2.23. The Morgan fingerprint density at radius 1 is 0.955 bits per heavy atom. The van der Waals surface area contributed by atoms with Gasteiger partial charge in [0.25, 0.3) is 0 Å². The van der Waals surface area contributed by atoms with Crippen LogP contribution in [-0.2, 0) is 0 Å². The summed E-state index contributed by atoms with van der Waals surface area (Å²) in [6.07, 6.45) is 0. The number of para-hydroxylation sites is 1. The van der Waals surface area contributed by atoms with Crippen LogP contribution in [0.5, 0.6) is 0 Å². The lowest BCUT2D eigenvalue weighted by atomic mass is 10.1. The Kier molecular flexibility index (Phi) is 3.94. The molecule has 22 heavy (non-hydrogen) atoms. The molecule has 2 unspecified atom stereocenters. The van der Waals surface area contributed by atoms with Crippen molar-refractivity contribution in [2.45, 2.75) is 25.9 Å². The van der Waals surface area contributed by atoms with E-state index < -0.39 is 11.6 Å². The van der Waals surface area contributed by atoms with Crippen LogP contribution in [0, 0.1) is 11.6 Å². The van der Waals surface area contributed by atoms with Crippen molar-refractivity contribution in [2.75, 3.05) is 0 Å². The third-order valence-corrected chi connectivity index (χ3v) is 3.80. The third kappa shape index (κ3) is 2.88. The highest BCUT2D eigenvalue weighted by Gasteiger charge is 2.17. The largest absolute Gasteiger partial charge is 0.459 e. The topological polar surface area (TPSA) is 25.2 Å². The molecule has 0 fully saturated rings. The minimum atomic E-state index is -0.571. The van der Waals surface area contributed by atoms with Crippen molar-refractivity contribution >= 4 is 11.0 Å². The lowest BCUT2D eigenvalue weighted by Gasteiger charge is -2.19. The van der Waals surface area contributed by atoms with Crippen molar-refractivity contribution < 1.29 is 13.2 Å². The van der Waals surface area contributed by atoms with Gasteiger partial charge in [-0.3, -0.25) is 0 Å². The van der Waals surface area contributed by atoms with E-state index in [1.807, 2.05) is 44.2 Å². The molecular formula is C18H17F2NO. The van der Waals surface area contributed by atoms with E-state index in [4.69, 9.17) is 4.42 Å². The zero-order chi connectivity index (χ0) is 15.7. The van der Waals surface area contributed by atoms with Gasteiger partial charge in [0.1, 0.15) is 23.0 Å². The summed E-state index contributed by atoms with van der Waals surface area (Å²) in [5, 5.41) is 4.31. The van der Waals surface area contributed by atoms with Crippen molar-refractivity contribution in [3.8, 4) is 0 Å². The van der Waals surface area contributed by atoms with Gasteiger partial charge in [0.2, 0.25) is 0 Å². The number of fused-ring (bicyclic) bond motifs is 1. The van der Waals surface area contributed by atoms with Gasteiger partial charge < -0.3 is 9.73 Å². The molecule has 2 aromatic carbocycles. The molecule has 2 atom stereocenters. The van der Waals surface area contributed by atoms with E-state index in [-0.39, 0.29) is 12.1 Å². The van der Waals surface area contributed by atoms with Crippen molar-refractivity contribution in [3.63, 3.8) is 0 Å². The average Bonchev–Trinajstić information content (AvgIpc) is 2.91. The first-order valence-corrected chi connectivity index (χ1v) is 7.24. The molecule has 1 aromatic heterocycles. The van der Waals surface area contributed by atoms with Crippen LogP contribution in [0.2, 0.25) is 0 Å². The number of rotatable bonds is 4. The molecule has 0 amide bonds. The van der Waals surface area contributed by atoms with Crippen LogP contribution in [0.1, 0.15) is 37.3 Å². The van der Waals surface area contributed by atoms with Gasteiger partial charge in [0, 0.05) is 23.1 Å². The Bertz CT molecular complexity index is 764. The van der Waals surface area contributed by atoms with E-state index >= 15 is 0 Å². The molecule has 0 aliphatic carbocycles. The fourth-order valence-corrected chi connectivity index (χ4v) is 2.62. The van der Waals surface area contributed by atoms with Crippen LogP contribution < -0.4 is 5.32 Å². The van der Waals surface area contributed by atoms with E-state index in [1.54, 1.807) is 0 Å². The summed E-state index contributed by atoms with van der Waals surface area (Å²) in [7, 11) is 0. The van der Waals surface area contributed by atoms with Gasteiger partial charge in [0.05, 0.1) is 6.04 Å². The predicted octanol–water partition coefficient (Wildman–Crippen LogP) is 5.12. The fraction of sp³-hybridized carbons (Fsp3) is 0.222. The molecule has 4 heteroatoms. The molecule has 1 N–H and O–H groups in total. The lowest BCUT2D eigenvalue weighted by molar-refractivity contribution is 0.409. The molecule has 0 radical (unpaired) electrons. The van der Waals surface area contributed by atoms with E-state index in [1.165, 1.54) is 12.1 Å². The summed E-state index contributed by atoms with van der Waals surface area (Å²) in [5.41, 5.74) is 1.26. The molecule has 2 nitrogen and oxygen atoms in total. The van der Waals surface area contributed by atoms with Gasteiger partial charge in [-0.15, -0.1) is 0 Å². The second kappa shape index (κ2) is 5.89. The minimum Gasteiger partial charge on any atom is -0.459 e. The summed E-state index contributed by atoms with van der Waals surface area (Å²) >= 11 is 0. The normalized spacial score (nSPS) is 14.2. The SMILES string of the molecule is CC(NC(C)c1ccc(F)cc1F)c1cc2ccccc2o1. The first kappa shape index (κ1) is 14.7. The van der Waals surface area contributed by atoms with E-state index in [0.29, 0.717) is 5.56 Å². The fourth-order valence-electron chi connectivity index (χ4n) is 2.62. The maximum atomic E-state index is 13.8. The molecule has 3 aromatic rings. The Morgan fingerprint density at radius 2 is 1.73 bits per heavy atom. The minimum absolute atomic E-state index is 0.0909. The first-order chi connectivity index (χ1) is 10.5. The summed E-state index contributed by atoms with van der Waals surface area (Å²) in [6.45, 7) is 3.80. The van der Waals surface area contributed by atoms with Gasteiger partial charge in [-0.05, 0) is 32.0 Å². The molecule has 0 saturated carbocycles. The Morgan fingerprint density at radius 3 is 2.45 bits per heavy atom. The maximum Gasteiger partial charge on any atom is 0.134 e. The van der Waals surface area contributed by atoms with Crippen molar-refractivity contribution in [1.29, 1.82) is 0 Å². The number of halogens is 2. The number of benzene rings is 2. The highest BCUT2D eigenvalue weighted by molar-refractivity contribution is 5.77. The van der Waals surface area contributed by atoms with Crippen LogP contribution in [0.15, 0.2) is 52.9 Å². The van der Waals surface area contributed by atoms with Crippen LogP contribution in [0.3, 0.4) is 0 Å². The first-order valence-electron chi connectivity index (χ1n) is 7.24. The molecule has 1 heterocycles. The molecule has 0 spiro atoms. The van der Waals surface area contributed by atoms with Crippen molar-refractivity contribution in [1.82, 2.24) is 5.32 Å². The number of nitrogens with one attached hydrogen (secondary N) is 1. The molecule has 0 aliphatic heterocycles. The average molecular weight is 301 g/mol. The zero-order valence-electron chi connectivity index (χ0n) is 12.4. The second-order valence-electron chi connectivity index (χ2n) is 5.46. The van der Waals surface area contributed by atoms with Crippen LogP contribution in [0.4, 0.5) is 8.78 Å². The monoisotopic (exact) mass is 301 g/mol. The predicted molar refractivity (Wildman–Crippen MR) is 82.5 cm³/mol. The Hall–Kier alpha value is -2.20. The zero-order valence-corrected chi connectivity index (χ0v) is 12.4. The molecule has 0 saturated heterocycles. The van der Waals surface area contributed by atoms with Gasteiger partial charge in [-0.25, -0.2) is 8.78 Å². The van der Waals surface area contributed by atoms with Gasteiger partial charge in [-0.1, -0.05) is 24.3 Å². The van der Waals surface area contributed by atoms with Crippen molar-refractivity contribution in [3.05, 3.63) is 71.5 Å². The quantitative estimate of drug-likeness (QED) is 0.723. The summed E-state index contributed by atoms with van der Waals surface area (Å²) in [6, 6.07) is 13.0. The summed E-state index contributed by atoms with van der Waals surface area (Å²) < 4.78 is 32.6. The molecule has 0 bridgehead atoms. The number of hydrogen-bond acceptors (Lipinski definition) is 2. The second-order valence-corrected chi connectivity index (χ2v) is 5.46. The molecular weight excluding hydrogens is 284 g/mol. The smallest absolute Gasteiger partial charge is 0.134 e. The third-order valence-electron chi connectivity index (χ3n) is 3.80. The van der Waals surface area contributed by atoms with Gasteiger partial charge >= 0.3 is 0 Å². The molecule has 3 rings (SSSR count). The van der Waals surface area contributed by atoms with Crippen LogP contribution in [-0.4, -0.2) is 0 Å². The van der Waals surface area contributed by atoms with E-state index in [2.05, 4.69) is 5.32 Å². The van der Waals surface area contributed by atoms with E-state index in [9.17, 15) is 8.78 Å². The summed E-state index contributed by atoms with van der Waals surface area (Å²) in [5.74, 6) is -0.328. The van der Waals surface area contributed by atoms with Crippen molar-refractivity contribution in [2.24, 2.45) is 0 Å².